The van der Waals surface area contributed by atoms with E-state index >= 15 is 0 Å². The lowest BCUT2D eigenvalue weighted by Crippen LogP contribution is -2.50. The van der Waals surface area contributed by atoms with Crippen LogP contribution in [0, 0.1) is 35.5 Å². The molecule has 2 unspecified atom stereocenters. The lowest BCUT2D eigenvalue weighted by molar-refractivity contribution is -0.197. The van der Waals surface area contributed by atoms with Crippen LogP contribution in [0.2, 0.25) is 0 Å². The second-order valence-electron chi connectivity index (χ2n) is 12.5. The number of esters is 2. The normalized spacial score (nSPS) is 28.9. The molecule has 0 radical (unpaired) electrons. The maximum atomic E-state index is 13.7. The number of ether oxygens (including phenoxy) is 6. The Balaban J connectivity index is 2.24. The van der Waals surface area contributed by atoms with Gasteiger partial charge in [0.05, 0.1) is 39.6 Å². The van der Waals surface area contributed by atoms with Crippen molar-refractivity contribution in [3.05, 3.63) is 0 Å². The third-order valence-corrected chi connectivity index (χ3v) is 8.54. The number of methoxy groups -OCH3 is 1. The molecule has 0 aromatic carbocycles. The Kier molecular flexibility index (Phi) is 16.0. The van der Waals surface area contributed by atoms with Crippen molar-refractivity contribution < 1.29 is 43.1 Å². The minimum atomic E-state index is -1.36. The van der Waals surface area contributed by atoms with Crippen molar-refractivity contribution in [2.75, 3.05) is 46.8 Å². The molecule has 8 atom stereocenters. The van der Waals surface area contributed by atoms with Gasteiger partial charge < -0.3 is 33.5 Å². The summed E-state index contributed by atoms with van der Waals surface area (Å²) in [5, 5.41) is 9.50. The van der Waals surface area contributed by atoms with E-state index in [-0.39, 0.29) is 50.5 Å². The lowest BCUT2D eigenvalue weighted by Gasteiger charge is -2.38. The van der Waals surface area contributed by atoms with E-state index in [2.05, 4.69) is 41.5 Å². The number of carbonyl (C=O) groups excluding carboxylic acids is 2. The van der Waals surface area contributed by atoms with Crippen molar-refractivity contribution in [3.8, 4) is 0 Å². The minimum Gasteiger partial charge on any atom is -0.460 e. The molecular weight excluding hydrogens is 516 g/mol. The molecule has 0 aliphatic heterocycles. The van der Waals surface area contributed by atoms with Crippen LogP contribution in [0.25, 0.3) is 0 Å². The van der Waals surface area contributed by atoms with Crippen molar-refractivity contribution in [3.63, 3.8) is 0 Å². The SMILES string of the molecule is COCCOCCOC(C(=O)O[C@@H]1C[C@H](C)CC[C@H]1C(C)C)C(OCCO)C(=O)O[C@@H]1C[C@H](C)CC[C@H]1C(C)C. The van der Waals surface area contributed by atoms with E-state index < -0.39 is 24.1 Å². The molecule has 0 bridgehead atoms. The second kappa shape index (κ2) is 18.3. The van der Waals surface area contributed by atoms with Crippen molar-refractivity contribution in [2.45, 2.75) is 104 Å². The molecule has 2 aliphatic rings. The molecule has 0 amide bonds. The second-order valence-corrected chi connectivity index (χ2v) is 12.5. The maximum Gasteiger partial charge on any atom is 0.338 e. The van der Waals surface area contributed by atoms with Crippen LogP contribution in [0.3, 0.4) is 0 Å². The summed E-state index contributed by atoms with van der Waals surface area (Å²) in [6, 6.07) is 0. The van der Waals surface area contributed by atoms with Gasteiger partial charge in [-0.3, -0.25) is 0 Å². The molecular formula is C31H56O9. The van der Waals surface area contributed by atoms with E-state index in [0.717, 1.165) is 38.5 Å². The highest BCUT2D eigenvalue weighted by atomic mass is 16.6. The molecule has 0 saturated heterocycles. The molecule has 2 fully saturated rings. The first-order valence-electron chi connectivity index (χ1n) is 15.4. The molecule has 2 rings (SSSR count). The predicted octanol–water partition coefficient (Wildman–Crippen LogP) is 4.42. The zero-order valence-corrected chi connectivity index (χ0v) is 26.0. The summed E-state index contributed by atoms with van der Waals surface area (Å²) in [6.45, 7) is 13.6. The van der Waals surface area contributed by atoms with Gasteiger partial charge >= 0.3 is 11.9 Å². The number of hydrogen-bond acceptors (Lipinski definition) is 9. The van der Waals surface area contributed by atoms with Gasteiger partial charge in [0, 0.05) is 7.11 Å². The molecule has 0 heterocycles. The summed E-state index contributed by atoms with van der Waals surface area (Å²) in [4.78, 5) is 27.4. The van der Waals surface area contributed by atoms with Gasteiger partial charge in [-0.15, -0.1) is 0 Å². The van der Waals surface area contributed by atoms with Crippen molar-refractivity contribution in [2.24, 2.45) is 35.5 Å². The van der Waals surface area contributed by atoms with Crippen LogP contribution in [0.15, 0.2) is 0 Å². The third kappa shape index (κ3) is 11.2. The van der Waals surface area contributed by atoms with Crippen molar-refractivity contribution in [1.82, 2.24) is 0 Å². The average Bonchev–Trinajstić information content (AvgIpc) is 2.89. The molecule has 0 aromatic heterocycles. The Labute approximate surface area is 241 Å². The van der Waals surface area contributed by atoms with Crippen molar-refractivity contribution >= 4 is 11.9 Å². The summed E-state index contributed by atoms with van der Waals surface area (Å²) < 4.78 is 34.4. The van der Waals surface area contributed by atoms with Gasteiger partial charge in [-0.25, -0.2) is 9.59 Å². The number of hydrogen-bond donors (Lipinski definition) is 1. The van der Waals surface area contributed by atoms with Gasteiger partial charge in [0.1, 0.15) is 12.2 Å². The summed E-state index contributed by atoms with van der Waals surface area (Å²) >= 11 is 0. The molecule has 9 heteroatoms. The fourth-order valence-electron chi connectivity index (χ4n) is 6.15. The van der Waals surface area contributed by atoms with E-state index in [9.17, 15) is 14.7 Å². The average molecular weight is 573 g/mol. The quantitative estimate of drug-likeness (QED) is 0.200. The fourth-order valence-corrected chi connectivity index (χ4v) is 6.15. The first-order valence-corrected chi connectivity index (χ1v) is 15.4. The Hall–Kier alpha value is -1.26. The highest BCUT2D eigenvalue weighted by Gasteiger charge is 2.43. The van der Waals surface area contributed by atoms with Gasteiger partial charge in [-0.2, -0.15) is 0 Å². The number of aliphatic hydroxyl groups is 1. The monoisotopic (exact) mass is 572 g/mol. The summed E-state index contributed by atoms with van der Waals surface area (Å²) in [5.41, 5.74) is 0. The third-order valence-electron chi connectivity index (χ3n) is 8.54. The molecule has 1 N–H and O–H groups in total. The Morgan fingerprint density at radius 3 is 1.57 bits per heavy atom. The van der Waals surface area contributed by atoms with Crippen LogP contribution in [0.1, 0.15) is 80.1 Å². The molecule has 40 heavy (non-hydrogen) atoms. The van der Waals surface area contributed by atoms with Gasteiger partial charge in [-0.1, -0.05) is 54.4 Å². The van der Waals surface area contributed by atoms with Crippen LogP contribution in [0.5, 0.6) is 0 Å². The van der Waals surface area contributed by atoms with Gasteiger partial charge in [0.2, 0.25) is 0 Å². The van der Waals surface area contributed by atoms with Gasteiger partial charge in [-0.05, 0) is 61.2 Å². The Morgan fingerprint density at radius 1 is 0.700 bits per heavy atom. The first-order chi connectivity index (χ1) is 19.1. The first kappa shape index (κ1) is 34.9. The Bertz CT molecular complexity index is 728. The van der Waals surface area contributed by atoms with E-state index in [0.29, 0.717) is 36.9 Å². The smallest absolute Gasteiger partial charge is 0.338 e. The van der Waals surface area contributed by atoms with E-state index in [1.807, 2.05) is 0 Å². The number of rotatable bonds is 17. The standard InChI is InChI=1S/C31H56O9/c1-20(2)24-10-8-22(5)18-26(24)39-30(33)28(37-13-12-32)29(38-17-16-36-15-14-35-7)31(34)40-27-19-23(6)9-11-25(27)21(3)4/h20-29,32H,8-19H2,1-7H3/t22-,23-,24+,25+,26-,27-,28?,29?/m1/s1. The van der Waals surface area contributed by atoms with E-state index in [4.69, 9.17) is 28.4 Å². The maximum absolute atomic E-state index is 13.7. The molecule has 0 aromatic rings. The zero-order valence-electron chi connectivity index (χ0n) is 26.0. The molecule has 2 aliphatic carbocycles. The summed E-state index contributed by atoms with van der Waals surface area (Å²) in [6.07, 6.45) is 2.46. The largest absolute Gasteiger partial charge is 0.460 e. The summed E-state index contributed by atoms with van der Waals surface area (Å²) in [5.74, 6) is 0.751. The van der Waals surface area contributed by atoms with Crippen LogP contribution in [-0.4, -0.2) is 88.2 Å². The van der Waals surface area contributed by atoms with Gasteiger partial charge in [0.25, 0.3) is 0 Å². The van der Waals surface area contributed by atoms with Crippen LogP contribution in [-0.2, 0) is 38.0 Å². The number of carbonyl (C=O) groups is 2. The molecule has 9 nitrogen and oxygen atoms in total. The summed E-state index contributed by atoms with van der Waals surface area (Å²) in [7, 11) is 1.59. The lowest BCUT2D eigenvalue weighted by atomic mass is 9.75. The van der Waals surface area contributed by atoms with E-state index in [1.54, 1.807) is 7.11 Å². The highest BCUT2D eigenvalue weighted by Crippen LogP contribution is 2.37. The zero-order chi connectivity index (χ0) is 29.7. The van der Waals surface area contributed by atoms with Crippen LogP contribution < -0.4 is 0 Å². The topological polar surface area (TPSA) is 110 Å². The molecule has 234 valence electrons. The Morgan fingerprint density at radius 2 is 1.15 bits per heavy atom. The van der Waals surface area contributed by atoms with E-state index in [1.165, 1.54) is 0 Å². The highest BCUT2D eigenvalue weighted by molar-refractivity contribution is 5.86. The molecule has 0 spiro atoms. The minimum absolute atomic E-state index is 0.0551. The fraction of sp³-hybridized carbons (Fsp3) is 0.935. The number of aliphatic hydroxyl groups excluding tert-OH is 1. The van der Waals surface area contributed by atoms with Crippen LogP contribution in [0.4, 0.5) is 0 Å². The molecule has 2 saturated carbocycles. The van der Waals surface area contributed by atoms with Gasteiger partial charge in [0.15, 0.2) is 12.2 Å². The van der Waals surface area contributed by atoms with Crippen molar-refractivity contribution in [1.29, 1.82) is 0 Å². The van der Waals surface area contributed by atoms with Crippen LogP contribution >= 0.6 is 0 Å². The predicted molar refractivity (Wildman–Crippen MR) is 152 cm³/mol.